The molecule has 0 bridgehead atoms. The van der Waals surface area contributed by atoms with Crippen LogP contribution in [0.1, 0.15) is 28.8 Å². The minimum absolute atomic E-state index is 0.0346. The zero-order chi connectivity index (χ0) is 13.8. The fourth-order valence-electron chi connectivity index (χ4n) is 2.39. The molecule has 1 aromatic carbocycles. The molecular weight excluding hydrogens is 244 g/mol. The lowest BCUT2D eigenvalue weighted by Crippen LogP contribution is -2.46. The smallest absolute Gasteiger partial charge is 0.335 e. The van der Waals surface area contributed by atoms with E-state index in [1.165, 1.54) is 6.07 Å². The molecule has 2 rings (SSSR count). The van der Waals surface area contributed by atoms with Crippen molar-refractivity contribution in [2.45, 2.75) is 25.3 Å². The highest BCUT2D eigenvalue weighted by Crippen LogP contribution is 2.14. The second kappa shape index (κ2) is 5.84. The Kier molecular flexibility index (Phi) is 4.16. The maximum absolute atomic E-state index is 12.2. The molecule has 0 saturated carbocycles. The monoisotopic (exact) mass is 262 g/mol. The number of carboxylic acid groups (broad SMARTS) is 1. The van der Waals surface area contributed by atoms with Crippen LogP contribution in [0.15, 0.2) is 24.3 Å². The molecule has 5 nitrogen and oxygen atoms in total. The van der Waals surface area contributed by atoms with Gasteiger partial charge in [-0.3, -0.25) is 4.79 Å². The Morgan fingerprint density at radius 1 is 1.37 bits per heavy atom. The summed E-state index contributed by atoms with van der Waals surface area (Å²) in [6.45, 7) is 1.27. The van der Waals surface area contributed by atoms with Crippen LogP contribution in [0.2, 0.25) is 0 Å². The molecule has 1 heterocycles. The third kappa shape index (κ3) is 3.32. The Balaban J connectivity index is 2.08. The van der Waals surface area contributed by atoms with Crippen molar-refractivity contribution in [3.8, 4) is 0 Å². The van der Waals surface area contributed by atoms with E-state index >= 15 is 0 Å². The second-order valence-corrected chi connectivity index (χ2v) is 4.88. The fourth-order valence-corrected chi connectivity index (χ4v) is 2.39. The van der Waals surface area contributed by atoms with E-state index in [0.717, 1.165) is 12.8 Å². The first-order valence-corrected chi connectivity index (χ1v) is 6.42. The van der Waals surface area contributed by atoms with Crippen molar-refractivity contribution < 1.29 is 14.7 Å². The minimum atomic E-state index is -1.00. The first-order valence-electron chi connectivity index (χ1n) is 6.42. The summed E-state index contributed by atoms with van der Waals surface area (Å²) >= 11 is 0. The molecule has 1 aliphatic heterocycles. The number of carboxylic acids is 1. The molecule has 1 unspecified atom stereocenters. The molecule has 0 radical (unpaired) electrons. The predicted octanol–water partition coefficient (Wildman–Crippen LogP) is 0.877. The van der Waals surface area contributed by atoms with Crippen LogP contribution in [0.4, 0.5) is 0 Å². The summed E-state index contributed by atoms with van der Waals surface area (Å²) in [5, 5.41) is 9.09. The number of aromatic carboxylic acids is 1. The Hall–Kier alpha value is -1.88. The Bertz CT molecular complexity index is 487. The summed E-state index contributed by atoms with van der Waals surface area (Å²) in [4.78, 5) is 25.0. The average molecular weight is 262 g/mol. The average Bonchev–Trinajstić information content (AvgIpc) is 2.39. The van der Waals surface area contributed by atoms with E-state index in [4.69, 9.17) is 10.8 Å². The number of rotatable bonds is 3. The molecule has 1 fully saturated rings. The van der Waals surface area contributed by atoms with Crippen LogP contribution in [0.3, 0.4) is 0 Å². The van der Waals surface area contributed by atoms with Crippen molar-refractivity contribution in [3.05, 3.63) is 35.4 Å². The first-order chi connectivity index (χ1) is 9.08. The number of benzene rings is 1. The van der Waals surface area contributed by atoms with Gasteiger partial charge in [-0.25, -0.2) is 4.79 Å². The molecule has 0 aliphatic carbocycles. The molecule has 102 valence electrons. The van der Waals surface area contributed by atoms with Crippen molar-refractivity contribution in [1.29, 1.82) is 0 Å². The quantitative estimate of drug-likeness (QED) is 0.847. The lowest BCUT2D eigenvalue weighted by atomic mass is 10.0. The van der Waals surface area contributed by atoms with Gasteiger partial charge in [0.25, 0.3) is 0 Å². The van der Waals surface area contributed by atoms with Crippen molar-refractivity contribution in [2.24, 2.45) is 5.73 Å². The topological polar surface area (TPSA) is 83.6 Å². The van der Waals surface area contributed by atoms with Crippen LogP contribution < -0.4 is 5.73 Å². The van der Waals surface area contributed by atoms with Gasteiger partial charge in [0.2, 0.25) is 5.91 Å². The van der Waals surface area contributed by atoms with Gasteiger partial charge in [0.1, 0.15) is 0 Å². The summed E-state index contributed by atoms with van der Waals surface area (Å²) in [7, 11) is 0. The van der Waals surface area contributed by atoms with Gasteiger partial charge in [-0.05, 0) is 24.5 Å². The maximum Gasteiger partial charge on any atom is 0.335 e. The first kappa shape index (κ1) is 13.5. The Labute approximate surface area is 112 Å². The van der Waals surface area contributed by atoms with Gasteiger partial charge in [-0.1, -0.05) is 18.2 Å². The van der Waals surface area contributed by atoms with Crippen molar-refractivity contribution in [1.82, 2.24) is 4.90 Å². The fraction of sp³-hybridized carbons (Fsp3) is 0.429. The molecule has 3 N–H and O–H groups in total. The molecule has 1 aliphatic rings. The molecule has 5 heteroatoms. The van der Waals surface area contributed by atoms with Crippen LogP contribution in [0.25, 0.3) is 0 Å². The zero-order valence-electron chi connectivity index (χ0n) is 10.7. The van der Waals surface area contributed by atoms with Crippen LogP contribution >= 0.6 is 0 Å². The van der Waals surface area contributed by atoms with Gasteiger partial charge in [-0.15, -0.1) is 0 Å². The molecule has 1 amide bonds. The molecule has 1 atom stereocenters. The number of nitrogens with two attached hydrogens (primary N) is 1. The highest BCUT2D eigenvalue weighted by Gasteiger charge is 2.22. The highest BCUT2D eigenvalue weighted by molar-refractivity contribution is 5.91. The number of hydrogen-bond acceptors (Lipinski definition) is 3. The van der Waals surface area contributed by atoms with Gasteiger partial charge in [0.05, 0.1) is 12.0 Å². The van der Waals surface area contributed by atoms with E-state index in [1.807, 2.05) is 0 Å². The maximum atomic E-state index is 12.2. The van der Waals surface area contributed by atoms with Gasteiger partial charge < -0.3 is 15.7 Å². The van der Waals surface area contributed by atoms with Crippen molar-refractivity contribution >= 4 is 11.9 Å². The van der Waals surface area contributed by atoms with E-state index < -0.39 is 5.97 Å². The minimum Gasteiger partial charge on any atom is -0.478 e. The third-order valence-corrected chi connectivity index (χ3v) is 3.40. The number of amides is 1. The van der Waals surface area contributed by atoms with E-state index in [0.29, 0.717) is 18.7 Å². The van der Waals surface area contributed by atoms with Gasteiger partial charge in [0, 0.05) is 19.1 Å². The SMILES string of the molecule is NC1CCCN(C(=O)Cc2ccccc2C(=O)O)C1. The highest BCUT2D eigenvalue weighted by atomic mass is 16.4. The van der Waals surface area contributed by atoms with Crippen LogP contribution in [-0.2, 0) is 11.2 Å². The molecule has 0 aromatic heterocycles. The van der Waals surface area contributed by atoms with Gasteiger partial charge in [0.15, 0.2) is 0 Å². The molecule has 0 spiro atoms. The predicted molar refractivity (Wildman–Crippen MR) is 70.9 cm³/mol. The standard InChI is InChI=1S/C14H18N2O3/c15-11-5-3-7-16(9-11)13(17)8-10-4-1-2-6-12(10)14(18)19/h1-2,4,6,11H,3,5,7-9,15H2,(H,18,19). The van der Waals surface area contributed by atoms with Gasteiger partial charge in [-0.2, -0.15) is 0 Å². The Morgan fingerprint density at radius 2 is 2.11 bits per heavy atom. The molecule has 1 aromatic rings. The van der Waals surface area contributed by atoms with Gasteiger partial charge >= 0.3 is 5.97 Å². The lowest BCUT2D eigenvalue weighted by molar-refractivity contribution is -0.131. The Morgan fingerprint density at radius 3 is 2.79 bits per heavy atom. The normalized spacial score (nSPS) is 19.2. The number of piperidine rings is 1. The zero-order valence-corrected chi connectivity index (χ0v) is 10.7. The summed E-state index contributed by atoms with van der Waals surface area (Å²) in [5.74, 6) is -1.05. The summed E-state index contributed by atoms with van der Waals surface area (Å²) in [6, 6.07) is 6.65. The number of hydrogen-bond donors (Lipinski definition) is 2. The number of likely N-dealkylation sites (tertiary alicyclic amines) is 1. The largest absolute Gasteiger partial charge is 0.478 e. The summed E-state index contributed by atoms with van der Waals surface area (Å²) in [5.41, 5.74) is 6.59. The number of nitrogens with zero attached hydrogens (tertiary/aromatic N) is 1. The van der Waals surface area contributed by atoms with E-state index in [2.05, 4.69) is 0 Å². The van der Waals surface area contributed by atoms with E-state index in [9.17, 15) is 9.59 Å². The van der Waals surface area contributed by atoms with Crippen LogP contribution in [0, 0.1) is 0 Å². The second-order valence-electron chi connectivity index (χ2n) is 4.88. The summed E-state index contributed by atoms with van der Waals surface area (Å²) < 4.78 is 0. The molecule has 1 saturated heterocycles. The van der Waals surface area contributed by atoms with Crippen LogP contribution in [-0.4, -0.2) is 41.0 Å². The number of carbonyl (C=O) groups excluding carboxylic acids is 1. The van der Waals surface area contributed by atoms with Crippen molar-refractivity contribution in [3.63, 3.8) is 0 Å². The molecular formula is C14H18N2O3. The molecule has 19 heavy (non-hydrogen) atoms. The lowest BCUT2D eigenvalue weighted by Gasteiger charge is -2.31. The van der Waals surface area contributed by atoms with E-state index in [-0.39, 0.29) is 23.9 Å². The summed E-state index contributed by atoms with van der Waals surface area (Å²) in [6.07, 6.45) is 1.97. The van der Waals surface area contributed by atoms with E-state index in [1.54, 1.807) is 23.1 Å². The van der Waals surface area contributed by atoms with Crippen molar-refractivity contribution in [2.75, 3.05) is 13.1 Å². The third-order valence-electron chi connectivity index (χ3n) is 3.40. The van der Waals surface area contributed by atoms with Crippen LogP contribution in [0.5, 0.6) is 0 Å². The number of carbonyl (C=O) groups is 2.